The van der Waals surface area contributed by atoms with Crippen molar-refractivity contribution in [2.24, 2.45) is 0 Å². The molecule has 2 aromatic carbocycles. The van der Waals surface area contributed by atoms with Gasteiger partial charge in [-0.3, -0.25) is 14.9 Å². The molecule has 152 valence electrons. The van der Waals surface area contributed by atoms with Gasteiger partial charge < -0.3 is 15.1 Å². The van der Waals surface area contributed by atoms with Crippen LogP contribution >= 0.6 is 11.6 Å². The van der Waals surface area contributed by atoms with Crippen LogP contribution in [0.4, 0.5) is 16.2 Å². The minimum Gasteiger partial charge on any atom is -0.335 e. The maximum Gasteiger partial charge on any atom is 0.321 e. The molecule has 1 heterocycles. The van der Waals surface area contributed by atoms with Crippen LogP contribution in [0.25, 0.3) is 0 Å². The van der Waals surface area contributed by atoms with Crippen molar-refractivity contribution >= 4 is 34.9 Å². The number of nitro benzene ring substituents is 1. The Morgan fingerprint density at radius 1 is 1.00 bits per heavy atom. The second-order valence-electron chi connectivity index (χ2n) is 6.93. The summed E-state index contributed by atoms with van der Waals surface area (Å²) >= 11 is 6.08. The molecule has 1 saturated heterocycles. The highest BCUT2D eigenvalue weighted by molar-refractivity contribution is 6.31. The SMILES string of the molecule is Cc1ccc(NC(=O)N2CCN(C(=O)c3ccc(C)c([N+](=O)[O-])c3)CC2)cc1Cl. The zero-order chi connectivity index (χ0) is 21.1. The number of piperazine rings is 1. The Morgan fingerprint density at radius 2 is 1.62 bits per heavy atom. The van der Waals surface area contributed by atoms with Gasteiger partial charge in [0.15, 0.2) is 0 Å². The van der Waals surface area contributed by atoms with Gasteiger partial charge in [-0.15, -0.1) is 0 Å². The summed E-state index contributed by atoms with van der Waals surface area (Å²) < 4.78 is 0. The van der Waals surface area contributed by atoms with Crippen molar-refractivity contribution in [2.45, 2.75) is 13.8 Å². The number of carbonyl (C=O) groups is 2. The van der Waals surface area contributed by atoms with E-state index in [0.29, 0.717) is 42.5 Å². The molecule has 2 aromatic rings. The van der Waals surface area contributed by atoms with Gasteiger partial charge in [0, 0.05) is 54.1 Å². The standard InChI is InChI=1S/C20H21ClN4O4/c1-13-4-6-16(12-17(13)21)22-20(27)24-9-7-23(8-10-24)19(26)15-5-3-14(2)18(11-15)25(28)29/h3-6,11-12H,7-10H2,1-2H3,(H,22,27). The number of carbonyl (C=O) groups excluding carboxylic acids is 2. The van der Waals surface area contributed by atoms with Gasteiger partial charge in [-0.2, -0.15) is 0 Å². The van der Waals surface area contributed by atoms with Crippen LogP contribution in [0.2, 0.25) is 5.02 Å². The highest BCUT2D eigenvalue weighted by Gasteiger charge is 2.26. The molecule has 0 saturated carbocycles. The van der Waals surface area contributed by atoms with Crippen molar-refractivity contribution in [1.82, 2.24) is 9.80 Å². The third kappa shape index (κ3) is 4.65. The fourth-order valence-electron chi connectivity index (χ4n) is 3.11. The Morgan fingerprint density at radius 3 is 2.24 bits per heavy atom. The number of hydrogen-bond acceptors (Lipinski definition) is 4. The smallest absolute Gasteiger partial charge is 0.321 e. The van der Waals surface area contributed by atoms with E-state index in [2.05, 4.69) is 5.32 Å². The van der Waals surface area contributed by atoms with Crippen molar-refractivity contribution in [2.75, 3.05) is 31.5 Å². The lowest BCUT2D eigenvalue weighted by molar-refractivity contribution is -0.385. The number of halogens is 1. The summed E-state index contributed by atoms with van der Waals surface area (Å²) in [6.07, 6.45) is 0. The number of benzene rings is 2. The quantitative estimate of drug-likeness (QED) is 0.607. The van der Waals surface area contributed by atoms with Crippen molar-refractivity contribution in [3.05, 3.63) is 68.2 Å². The molecule has 3 amide bonds. The summed E-state index contributed by atoms with van der Waals surface area (Å²) in [5.41, 5.74) is 2.23. The normalized spacial score (nSPS) is 13.9. The summed E-state index contributed by atoms with van der Waals surface area (Å²) in [5.74, 6) is -0.279. The monoisotopic (exact) mass is 416 g/mol. The molecule has 1 aliphatic rings. The molecule has 9 heteroatoms. The van der Waals surface area contributed by atoms with E-state index in [9.17, 15) is 19.7 Å². The zero-order valence-electron chi connectivity index (χ0n) is 16.1. The van der Waals surface area contributed by atoms with Crippen molar-refractivity contribution < 1.29 is 14.5 Å². The topological polar surface area (TPSA) is 95.8 Å². The van der Waals surface area contributed by atoms with E-state index >= 15 is 0 Å². The maximum absolute atomic E-state index is 12.7. The first kappa shape index (κ1) is 20.6. The molecule has 0 unspecified atom stereocenters. The molecule has 1 fully saturated rings. The third-order valence-corrected chi connectivity index (χ3v) is 5.34. The molecule has 3 rings (SSSR count). The van der Waals surface area contributed by atoms with Crippen molar-refractivity contribution in [3.63, 3.8) is 0 Å². The zero-order valence-corrected chi connectivity index (χ0v) is 16.9. The van der Waals surface area contributed by atoms with Gasteiger partial charge in [0.05, 0.1) is 4.92 Å². The highest BCUT2D eigenvalue weighted by Crippen LogP contribution is 2.22. The van der Waals surface area contributed by atoms with E-state index in [1.165, 1.54) is 6.07 Å². The van der Waals surface area contributed by atoms with E-state index in [1.807, 2.05) is 13.0 Å². The summed E-state index contributed by atoms with van der Waals surface area (Å²) in [5, 5.41) is 14.5. The van der Waals surface area contributed by atoms with Gasteiger partial charge in [-0.1, -0.05) is 23.7 Å². The molecule has 1 N–H and O–H groups in total. The van der Waals surface area contributed by atoms with Gasteiger partial charge in [0.2, 0.25) is 0 Å². The highest BCUT2D eigenvalue weighted by atomic mass is 35.5. The van der Waals surface area contributed by atoms with Crippen LogP contribution in [-0.2, 0) is 0 Å². The number of rotatable bonds is 3. The van der Waals surface area contributed by atoms with Crippen molar-refractivity contribution in [3.8, 4) is 0 Å². The van der Waals surface area contributed by atoms with E-state index in [-0.39, 0.29) is 23.2 Å². The number of aryl methyl sites for hydroxylation is 2. The van der Waals surface area contributed by atoms with Gasteiger partial charge in [0.1, 0.15) is 0 Å². The minimum atomic E-state index is -0.494. The lowest BCUT2D eigenvalue weighted by atomic mass is 10.1. The average Bonchev–Trinajstić information content (AvgIpc) is 2.70. The Kier molecular flexibility index (Phi) is 6.03. The maximum atomic E-state index is 12.7. The van der Waals surface area contributed by atoms with Crippen molar-refractivity contribution in [1.29, 1.82) is 0 Å². The van der Waals surface area contributed by atoms with Crippen LogP contribution in [0.1, 0.15) is 21.5 Å². The number of urea groups is 1. The average molecular weight is 417 g/mol. The van der Waals surface area contributed by atoms with Crippen LogP contribution in [0.5, 0.6) is 0 Å². The van der Waals surface area contributed by atoms with Gasteiger partial charge in [0.25, 0.3) is 11.6 Å². The van der Waals surface area contributed by atoms with Crippen LogP contribution < -0.4 is 5.32 Å². The first-order valence-electron chi connectivity index (χ1n) is 9.12. The number of nitrogens with one attached hydrogen (secondary N) is 1. The number of hydrogen-bond donors (Lipinski definition) is 1. The Labute approximate surface area is 173 Å². The predicted octanol–water partition coefficient (Wildman–Crippen LogP) is 3.85. The molecule has 0 aromatic heterocycles. The van der Waals surface area contributed by atoms with Crippen LogP contribution in [0, 0.1) is 24.0 Å². The van der Waals surface area contributed by atoms with E-state index in [1.54, 1.807) is 41.0 Å². The van der Waals surface area contributed by atoms with Gasteiger partial charge in [-0.25, -0.2) is 4.79 Å². The number of nitrogens with zero attached hydrogens (tertiary/aromatic N) is 3. The van der Waals surface area contributed by atoms with Crippen LogP contribution in [0.3, 0.4) is 0 Å². The fraction of sp³-hybridized carbons (Fsp3) is 0.300. The Hall–Kier alpha value is -3.13. The summed E-state index contributed by atoms with van der Waals surface area (Å²) in [6, 6.07) is 9.50. The summed E-state index contributed by atoms with van der Waals surface area (Å²) in [4.78, 5) is 39.0. The first-order valence-corrected chi connectivity index (χ1v) is 9.50. The Balaban J connectivity index is 1.60. The predicted molar refractivity (Wildman–Crippen MR) is 111 cm³/mol. The lowest BCUT2D eigenvalue weighted by Crippen LogP contribution is -2.51. The summed E-state index contributed by atoms with van der Waals surface area (Å²) in [7, 11) is 0. The minimum absolute atomic E-state index is 0.0781. The van der Waals surface area contributed by atoms with Crippen LogP contribution in [-0.4, -0.2) is 52.8 Å². The number of anilines is 1. The largest absolute Gasteiger partial charge is 0.335 e. The molecule has 0 spiro atoms. The molecule has 0 bridgehead atoms. The second kappa shape index (κ2) is 8.48. The summed E-state index contributed by atoms with van der Waals surface area (Å²) in [6.45, 7) is 4.94. The molecule has 0 atom stereocenters. The molecular weight excluding hydrogens is 396 g/mol. The molecule has 0 aliphatic carbocycles. The second-order valence-corrected chi connectivity index (χ2v) is 7.34. The fourth-order valence-corrected chi connectivity index (χ4v) is 3.29. The molecular formula is C20H21ClN4O4. The van der Waals surface area contributed by atoms with E-state index in [4.69, 9.17) is 11.6 Å². The molecule has 1 aliphatic heterocycles. The number of nitro groups is 1. The van der Waals surface area contributed by atoms with E-state index in [0.717, 1.165) is 5.56 Å². The third-order valence-electron chi connectivity index (χ3n) is 4.93. The van der Waals surface area contributed by atoms with Gasteiger partial charge in [-0.05, 0) is 37.6 Å². The first-order chi connectivity index (χ1) is 13.8. The number of amides is 3. The van der Waals surface area contributed by atoms with Crippen LogP contribution in [0.15, 0.2) is 36.4 Å². The molecule has 0 radical (unpaired) electrons. The Bertz CT molecular complexity index is 971. The van der Waals surface area contributed by atoms with Gasteiger partial charge >= 0.3 is 6.03 Å². The molecule has 29 heavy (non-hydrogen) atoms. The lowest BCUT2D eigenvalue weighted by Gasteiger charge is -2.34. The molecule has 8 nitrogen and oxygen atoms in total. The van der Waals surface area contributed by atoms with E-state index < -0.39 is 4.92 Å².